The summed E-state index contributed by atoms with van der Waals surface area (Å²) >= 11 is 6.26. The van der Waals surface area contributed by atoms with E-state index < -0.39 is 36.2 Å². The van der Waals surface area contributed by atoms with Gasteiger partial charge in [-0.1, -0.05) is 23.8 Å². The van der Waals surface area contributed by atoms with E-state index in [1.165, 1.54) is 13.8 Å². The van der Waals surface area contributed by atoms with Crippen molar-refractivity contribution >= 4 is 35.8 Å². The Balaban J connectivity index is 2.28. The third-order valence-corrected chi connectivity index (χ3v) is 4.91. The van der Waals surface area contributed by atoms with Crippen molar-refractivity contribution in [2.45, 2.75) is 70.4 Å². The van der Waals surface area contributed by atoms with Crippen LogP contribution in [0.4, 0.5) is 0 Å². The van der Waals surface area contributed by atoms with Crippen LogP contribution in [0.2, 0.25) is 0 Å². The molecule has 8 nitrogen and oxygen atoms in total. The van der Waals surface area contributed by atoms with E-state index in [0.29, 0.717) is 42.6 Å². The lowest BCUT2D eigenvalue weighted by Crippen LogP contribution is -2.32. The highest BCUT2D eigenvalue weighted by atomic mass is 35.5. The van der Waals surface area contributed by atoms with Gasteiger partial charge in [-0.2, -0.15) is 0 Å². The Morgan fingerprint density at radius 3 is 2.69 bits per heavy atom. The van der Waals surface area contributed by atoms with Crippen LogP contribution in [-0.4, -0.2) is 55.2 Å². The fraction of sp³-hybridized carbons (Fsp3) is 0.600. The molecule has 160 valence electrons. The second kappa shape index (κ2) is 11.1. The molecule has 1 saturated heterocycles. The molecule has 2 heterocycles. The predicted octanol–water partition coefficient (Wildman–Crippen LogP) is 2.37. The third-order valence-electron chi connectivity index (χ3n) is 4.57. The van der Waals surface area contributed by atoms with Crippen molar-refractivity contribution in [2.75, 3.05) is 6.61 Å². The molecule has 9 heteroatoms. The molecule has 0 unspecified atom stereocenters. The maximum Gasteiger partial charge on any atom is 0.310 e. The van der Waals surface area contributed by atoms with Gasteiger partial charge in [-0.15, -0.1) is 0 Å². The normalized spacial score (nSPS) is 31.9. The zero-order chi connectivity index (χ0) is 21.4. The smallest absolute Gasteiger partial charge is 0.310 e. The zero-order valence-electron chi connectivity index (χ0n) is 16.4. The van der Waals surface area contributed by atoms with Crippen LogP contribution in [0.25, 0.3) is 0 Å². The van der Waals surface area contributed by atoms with Gasteiger partial charge in [0.05, 0.1) is 12.5 Å². The fourth-order valence-electron chi connectivity index (χ4n) is 3.20. The molecule has 0 spiro atoms. The van der Waals surface area contributed by atoms with Crippen LogP contribution in [0.15, 0.2) is 22.8 Å². The molecular weight excluding hydrogens is 404 g/mol. The van der Waals surface area contributed by atoms with E-state index in [9.17, 15) is 19.2 Å². The minimum Gasteiger partial charge on any atom is -0.461 e. The zero-order valence-corrected chi connectivity index (χ0v) is 17.2. The quantitative estimate of drug-likeness (QED) is 0.291. The summed E-state index contributed by atoms with van der Waals surface area (Å²) in [6.45, 7) is 2.33. The molecule has 0 aromatic heterocycles. The lowest BCUT2D eigenvalue weighted by atomic mass is 10.0. The van der Waals surface area contributed by atoms with Crippen LogP contribution < -0.4 is 0 Å². The molecule has 29 heavy (non-hydrogen) atoms. The summed E-state index contributed by atoms with van der Waals surface area (Å²) in [4.78, 5) is 46.5. The van der Waals surface area contributed by atoms with Gasteiger partial charge in [0.15, 0.2) is 6.29 Å². The van der Waals surface area contributed by atoms with Gasteiger partial charge in [0, 0.05) is 30.9 Å². The highest BCUT2D eigenvalue weighted by Gasteiger charge is 2.38. The molecule has 0 aromatic carbocycles. The van der Waals surface area contributed by atoms with Gasteiger partial charge in [-0.05, 0) is 19.3 Å². The van der Waals surface area contributed by atoms with E-state index in [1.54, 1.807) is 12.2 Å². The second-order valence-electron chi connectivity index (χ2n) is 6.91. The van der Waals surface area contributed by atoms with Crippen molar-refractivity contribution in [1.82, 2.24) is 0 Å². The van der Waals surface area contributed by atoms with Gasteiger partial charge in [0.2, 0.25) is 0 Å². The molecule has 2 bridgehead atoms. The van der Waals surface area contributed by atoms with Crippen molar-refractivity contribution in [1.29, 1.82) is 0 Å². The number of rotatable bonds is 4. The Kier molecular flexibility index (Phi) is 8.85. The lowest BCUT2D eigenvalue weighted by Gasteiger charge is -2.21. The second-order valence-corrected chi connectivity index (χ2v) is 7.40. The fourth-order valence-corrected chi connectivity index (χ4v) is 3.40. The number of ether oxygens (including phenoxy) is 4. The molecule has 0 radical (unpaired) electrons. The number of hydrogen-bond acceptors (Lipinski definition) is 8. The van der Waals surface area contributed by atoms with Crippen molar-refractivity contribution in [3.8, 4) is 0 Å². The topological polar surface area (TPSA) is 105 Å². The first kappa shape index (κ1) is 23.1. The largest absolute Gasteiger partial charge is 0.461 e. The summed E-state index contributed by atoms with van der Waals surface area (Å²) in [5.41, 5.74) is 0.442. The summed E-state index contributed by atoms with van der Waals surface area (Å²) in [5, 5.41) is 0.612. The van der Waals surface area contributed by atoms with Crippen LogP contribution in [0, 0.1) is 0 Å². The molecule has 0 aromatic rings. The minimum absolute atomic E-state index is 0.141. The van der Waals surface area contributed by atoms with E-state index in [-0.39, 0.29) is 19.1 Å². The van der Waals surface area contributed by atoms with Crippen LogP contribution in [0.1, 0.15) is 46.0 Å². The number of allylic oxidation sites excluding steroid dienone is 3. The van der Waals surface area contributed by atoms with Gasteiger partial charge in [0.1, 0.15) is 24.9 Å². The van der Waals surface area contributed by atoms with Crippen molar-refractivity contribution in [3.63, 3.8) is 0 Å². The number of hydrogen-bond donors (Lipinski definition) is 0. The highest BCUT2D eigenvalue weighted by molar-refractivity contribution is 6.29. The van der Waals surface area contributed by atoms with E-state index in [0.717, 1.165) is 0 Å². The van der Waals surface area contributed by atoms with Gasteiger partial charge in [0.25, 0.3) is 0 Å². The Bertz CT molecular complexity index is 699. The minimum atomic E-state index is -0.970. The SMILES string of the molecule is CC(=O)OC/C1=C/C/C=C(\Cl)CC[C@@H]2C[C@@H](OC(=O)C[C@H]1OC(C)=O)[C@@H](C=O)O2. The maximum absolute atomic E-state index is 12.5. The molecule has 2 rings (SSSR count). The molecule has 0 amide bonds. The summed E-state index contributed by atoms with van der Waals surface area (Å²) in [6.07, 6.45) is 2.96. The average Bonchev–Trinajstić information content (AvgIpc) is 3.02. The molecule has 1 fully saturated rings. The van der Waals surface area contributed by atoms with Crippen LogP contribution in [0.5, 0.6) is 0 Å². The van der Waals surface area contributed by atoms with Crippen LogP contribution >= 0.6 is 11.6 Å². The maximum atomic E-state index is 12.5. The van der Waals surface area contributed by atoms with Crippen molar-refractivity contribution in [3.05, 3.63) is 22.8 Å². The predicted molar refractivity (Wildman–Crippen MR) is 102 cm³/mol. The number of fused-ring (bicyclic) bond motifs is 2. The Hall–Kier alpha value is -2.19. The number of aldehydes is 1. The van der Waals surface area contributed by atoms with E-state index >= 15 is 0 Å². The molecule has 2 aliphatic heterocycles. The van der Waals surface area contributed by atoms with E-state index in [2.05, 4.69) is 0 Å². The first-order valence-corrected chi connectivity index (χ1v) is 9.80. The third kappa shape index (κ3) is 7.62. The standard InChI is InChI=1S/C20H25ClO8/c1-12(23)26-11-14-4-3-5-15(21)6-7-16-8-18(19(10-22)28-16)29-20(25)9-17(14)27-13(2)24/h4-5,10,16-19H,3,6-9,11H2,1-2H3/b14-4-,15-5-/t16-,17-,18-,19-/m1/s1. The lowest BCUT2D eigenvalue weighted by molar-refractivity contribution is -0.157. The van der Waals surface area contributed by atoms with Crippen molar-refractivity contribution in [2.24, 2.45) is 0 Å². The van der Waals surface area contributed by atoms with Crippen LogP contribution in [-0.2, 0) is 38.1 Å². The summed E-state index contributed by atoms with van der Waals surface area (Å²) < 4.78 is 21.4. The Labute approximate surface area is 174 Å². The molecule has 4 atom stereocenters. The molecular formula is C20H25ClO8. The Morgan fingerprint density at radius 2 is 2.03 bits per heavy atom. The number of carbonyl (C=O) groups is 4. The van der Waals surface area contributed by atoms with E-state index in [1.807, 2.05) is 0 Å². The average molecular weight is 429 g/mol. The summed E-state index contributed by atoms with van der Waals surface area (Å²) in [6, 6.07) is 0. The first-order valence-electron chi connectivity index (χ1n) is 9.42. The van der Waals surface area contributed by atoms with E-state index in [4.69, 9.17) is 30.5 Å². The molecule has 0 saturated carbocycles. The number of halogens is 1. The first-order chi connectivity index (χ1) is 13.8. The summed E-state index contributed by atoms with van der Waals surface area (Å²) in [5.74, 6) is -1.75. The highest BCUT2D eigenvalue weighted by Crippen LogP contribution is 2.28. The van der Waals surface area contributed by atoms with Gasteiger partial charge in [-0.3, -0.25) is 14.4 Å². The molecule has 0 aliphatic carbocycles. The Morgan fingerprint density at radius 1 is 1.28 bits per heavy atom. The van der Waals surface area contributed by atoms with Crippen LogP contribution in [0.3, 0.4) is 0 Å². The number of esters is 3. The molecule has 2 aliphatic rings. The van der Waals surface area contributed by atoms with Gasteiger partial charge < -0.3 is 23.7 Å². The van der Waals surface area contributed by atoms with Crippen molar-refractivity contribution < 1.29 is 38.1 Å². The van der Waals surface area contributed by atoms with Gasteiger partial charge >= 0.3 is 17.9 Å². The molecule has 0 N–H and O–H groups in total. The number of carbonyl (C=O) groups excluding carboxylic acids is 4. The summed E-state index contributed by atoms with van der Waals surface area (Å²) in [7, 11) is 0. The monoisotopic (exact) mass is 428 g/mol. The van der Waals surface area contributed by atoms with Gasteiger partial charge in [-0.25, -0.2) is 0 Å².